The Morgan fingerprint density at radius 2 is 1.13 bits per heavy atom. The highest BCUT2D eigenvalue weighted by Gasteiger charge is 2.68. The van der Waals surface area contributed by atoms with Crippen molar-refractivity contribution in [2.45, 2.75) is 87.1 Å². The molecule has 0 amide bonds. The monoisotopic (exact) mass is 546 g/mol. The Labute approximate surface area is 230 Å². The van der Waals surface area contributed by atoms with E-state index in [2.05, 4.69) is 0 Å². The third kappa shape index (κ3) is 3.65. The predicted octanol–water partition coefficient (Wildman–Crippen LogP) is 1.14. The number of ether oxygens (including phenoxy) is 5. The molecule has 2 atom stereocenters. The maximum Gasteiger partial charge on any atom is 0.312 e. The molecule has 8 N–H and O–H groups in total. The summed E-state index contributed by atoms with van der Waals surface area (Å²) in [5, 5.41) is 0. The van der Waals surface area contributed by atoms with Crippen LogP contribution in [0.3, 0.4) is 0 Å². The van der Waals surface area contributed by atoms with Crippen LogP contribution in [0.1, 0.15) is 64.2 Å². The lowest BCUT2D eigenvalue weighted by atomic mass is 9.47. The van der Waals surface area contributed by atoms with Crippen LogP contribution in [0.4, 0.5) is 0 Å². The first-order valence-corrected chi connectivity index (χ1v) is 15.4. The average molecular weight is 547 g/mol. The molecule has 2 saturated heterocycles. The summed E-state index contributed by atoms with van der Waals surface area (Å²) in [4.78, 5) is 13.7. The summed E-state index contributed by atoms with van der Waals surface area (Å²) in [6.45, 7) is 1.60. The molecule has 2 spiro atoms. The Balaban J connectivity index is 0.912. The lowest BCUT2D eigenvalue weighted by molar-refractivity contribution is -0.369. The number of hydrogen-bond acceptors (Lipinski definition) is 10. The summed E-state index contributed by atoms with van der Waals surface area (Å²) in [6.07, 6.45) is 10.5. The molecule has 0 aromatic heterocycles. The van der Waals surface area contributed by atoms with Gasteiger partial charge in [-0.1, -0.05) is 0 Å². The Morgan fingerprint density at radius 1 is 0.641 bits per heavy atom. The van der Waals surface area contributed by atoms with Gasteiger partial charge in [0.25, 0.3) is 0 Å². The van der Waals surface area contributed by atoms with Crippen LogP contribution in [0.25, 0.3) is 0 Å². The number of esters is 1. The van der Waals surface area contributed by atoms with Crippen LogP contribution in [0.2, 0.25) is 0 Å². The van der Waals surface area contributed by atoms with E-state index >= 15 is 0 Å². The second-order valence-electron chi connectivity index (χ2n) is 15.1. The molecule has 8 aliphatic carbocycles. The van der Waals surface area contributed by atoms with Gasteiger partial charge in [-0.2, -0.15) is 0 Å². The van der Waals surface area contributed by atoms with Crippen molar-refractivity contribution in [3.8, 4) is 0 Å². The smallest absolute Gasteiger partial charge is 0.312 e. The van der Waals surface area contributed by atoms with Crippen molar-refractivity contribution < 1.29 is 28.5 Å². The highest BCUT2D eigenvalue weighted by molar-refractivity contribution is 5.77. The van der Waals surface area contributed by atoms with Gasteiger partial charge in [0.05, 0.1) is 38.4 Å². The zero-order chi connectivity index (χ0) is 26.8. The quantitative estimate of drug-likeness (QED) is 0.298. The Kier molecular flexibility index (Phi) is 5.54. The SMILES string of the molecule is NC1(N)COC2(OCC1(N)N)C1CC3CC2CC(C(=O)OCC2COC4(OC2)C2CC5CC(C2)CC4C5)(C3)C1. The minimum Gasteiger partial charge on any atom is -0.465 e. The van der Waals surface area contributed by atoms with Crippen molar-refractivity contribution in [3.63, 3.8) is 0 Å². The van der Waals surface area contributed by atoms with Crippen LogP contribution in [-0.2, 0) is 28.5 Å². The maximum absolute atomic E-state index is 13.7. The van der Waals surface area contributed by atoms with E-state index < -0.39 is 22.5 Å². The zero-order valence-electron chi connectivity index (χ0n) is 23.0. The van der Waals surface area contributed by atoms with Crippen molar-refractivity contribution in [1.29, 1.82) is 0 Å². The summed E-state index contributed by atoms with van der Waals surface area (Å²) in [5.41, 5.74) is 21.6. The summed E-state index contributed by atoms with van der Waals surface area (Å²) in [7, 11) is 0. The van der Waals surface area contributed by atoms with Crippen molar-refractivity contribution in [2.75, 3.05) is 33.0 Å². The van der Waals surface area contributed by atoms with Gasteiger partial charge in [0.15, 0.2) is 11.6 Å². The molecule has 10 heteroatoms. The third-order valence-corrected chi connectivity index (χ3v) is 12.5. The minimum absolute atomic E-state index is 0.0152. The Bertz CT molecular complexity index is 959. The van der Waals surface area contributed by atoms with E-state index in [1.54, 1.807) is 0 Å². The fourth-order valence-electron chi connectivity index (χ4n) is 10.8. The first-order chi connectivity index (χ1) is 18.5. The first-order valence-electron chi connectivity index (χ1n) is 15.4. The minimum atomic E-state index is -1.40. The van der Waals surface area contributed by atoms with Gasteiger partial charge in [-0.15, -0.1) is 0 Å². The van der Waals surface area contributed by atoms with Gasteiger partial charge in [0.2, 0.25) is 0 Å². The van der Waals surface area contributed by atoms with Gasteiger partial charge in [-0.25, -0.2) is 0 Å². The normalized spacial score (nSPS) is 51.8. The van der Waals surface area contributed by atoms with E-state index in [1.165, 1.54) is 32.1 Å². The molecule has 10 aliphatic rings. The van der Waals surface area contributed by atoms with Crippen LogP contribution in [0, 0.1) is 52.8 Å². The molecule has 39 heavy (non-hydrogen) atoms. The molecule has 0 aromatic carbocycles. The maximum atomic E-state index is 13.7. The molecule has 10 fully saturated rings. The number of rotatable bonds is 3. The molecule has 2 unspecified atom stereocenters. The fraction of sp³-hybridized carbons (Fsp3) is 0.966. The Hall–Kier alpha value is -0.850. The van der Waals surface area contributed by atoms with Crippen molar-refractivity contribution in [3.05, 3.63) is 0 Å². The van der Waals surface area contributed by atoms with Gasteiger partial charge in [0, 0.05) is 29.6 Å². The largest absolute Gasteiger partial charge is 0.465 e. The molecule has 8 bridgehead atoms. The van der Waals surface area contributed by atoms with Gasteiger partial charge < -0.3 is 46.6 Å². The van der Waals surface area contributed by atoms with Crippen LogP contribution in [-0.4, -0.2) is 61.9 Å². The molecular weight excluding hydrogens is 500 g/mol. The van der Waals surface area contributed by atoms with E-state index in [0.717, 1.165) is 31.1 Å². The van der Waals surface area contributed by atoms with E-state index in [0.29, 0.717) is 50.4 Å². The highest BCUT2D eigenvalue weighted by atomic mass is 16.7. The second-order valence-corrected chi connectivity index (χ2v) is 15.1. The van der Waals surface area contributed by atoms with E-state index in [1.807, 2.05) is 0 Å². The van der Waals surface area contributed by atoms with Crippen LogP contribution in [0.5, 0.6) is 0 Å². The zero-order valence-corrected chi connectivity index (χ0v) is 23.0. The number of nitrogens with two attached hydrogens (primary N) is 4. The second kappa shape index (κ2) is 8.37. The molecule has 8 saturated carbocycles. The van der Waals surface area contributed by atoms with E-state index in [9.17, 15) is 4.79 Å². The van der Waals surface area contributed by atoms with Crippen LogP contribution < -0.4 is 22.9 Å². The lowest BCUT2D eigenvalue weighted by Gasteiger charge is -2.63. The van der Waals surface area contributed by atoms with Crippen molar-refractivity contribution in [1.82, 2.24) is 0 Å². The molecule has 10 nitrogen and oxygen atoms in total. The number of hydrogen-bond donors (Lipinski definition) is 4. The Morgan fingerprint density at radius 3 is 1.67 bits per heavy atom. The van der Waals surface area contributed by atoms with Gasteiger partial charge in [-0.05, 0) is 82.0 Å². The number of carbonyl (C=O) groups is 1. The summed E-state index contributed by atoms with van der Waals surface area (Å²) in [5.74, 6) is 2.16. The first kappa shape index (κ1) is 25.8. The summed E-state index contributed by atoms with van der Waals surface area (Å²) >= 11 is 0. The van der Waals surface area contributed by atoms with E-state index in [-0.39, 0.29) is 42.7 Å². The third-order valence-electron chi connectivity index (χ3n) is 12.5. The van der Waals surface area contributed by atoms with Crippen LogP contribution in [0.15, 0.2) is 0 Å². The molecule has 2 heterocycles. The van der Waals surface area contributed by atoms with Gasteiger partial charge in [-0.3, -0.25) is 4.79 Å². The van der Waals surface area contributed by atoms with Crippen molar-refractivity contribution in [2.24, 2.45) is 75.7 Å². The topological polar surface area (TPSA) is 167 Å². The molecular formula is C29H46N4O6. The molecule has 2 aliphatic heterocycles. The summed E-state index contributed by atoms with van der Waals surface area (Å²) in [6, 6.07) is 0. The van der Waals surface area contributed by atoms with Gasteiger partial charge in [0.1, 0.15) is 11.3 Å². The molecule has 10 rings (SSSR count). The predicted molar refractivity (Wildman–Crippen MR) is 139 cm³/mol. The van der Waals surface area contributed by atoms with Crippen LogP contribution >= 0.6 is 0 Å². The summed E-state index contributed by atoms with van der Waals surface area (Å²) < 4.78 is 32.0. The molecule has 0 radical (unpaired) electrons. The highest BCUT2D eigenvalue weighted by Crippen LogP contribution is 2.66. The molecule has 218 valence electrons. The van der Waals surface area contributed by atoms with Gasteiger partial charge >= 0.3 is 5.97 Å². The standard InChI is InChI=1S/C29H46N4O6/c30-26(31)14-38-29(39-15-27(26,32)33)22-6-18-7-23(29)10-25(8-18,9-22)24(34)35-11-19-12-36-28(37-13-19)20-2-16-1-17(4-20)5-21(28)3-16/h16-23H,1-15,30-33H2. The lowest BCUT2D eigenvalue weighted by Crippen LogP contribution is -2.79. The average Bonchev–Trinajstić information content (AvgIpc) is 2.98. The van der Waals surface area contributed by atoms with Crippen molar-refractivity contribution >= 4 is 5.97 Å². The number of carbonyl (C=O) groups excluding carboxylic acids is 1. The van der Waals surface area contributed by atoms with E-state index in [4.69, 9.17) is 46.6 Å². The molecule has 0 aromatic rings. The fourth-order valence-corrected chi connectivity index (χ4v) is 10.8.